The smallest absolute Gasteiger partial charge is 0.262 e. The maximum Gasteiger partial charge on any atom is 0.262 e. The summed E-state index contributed by atoms with van der Waals surface area (Å²) < 4.78 is 1.76. The first kappa shape index (κ1) is 18.2. The maximum absolute atomic E-state index is 13.6. The number of benzene rings is 3. The van der Waals surface area contributed by atoms with E-state index < -0.39 is 0 Å². The molecule has 3 heteroatoms. The summed E-state index contributed by atoms with van der Waals surface area (Å²) in [4.78, 5) is 13.6. The van der Waals surface area contributed by atoms with E-state index in [-0.39, 0.29) is 11.3 Å². The van der Waals surface area contributed by atoms with E-state index in [2.05, 4.69) is 0 Å². The van der Waals surface area contributed by atoms with Gasteiger partial charge in [-0.3, -0.25) is 9.20 Å². The lowest BCUT2D eigenvalue weighted by Gasteiger charge is -2.16. The predicted molar refractivity (Wildman–Crippen MR) is 121 cm³/mol. The van der Waals surface area contributed by atoms with Gasteiger partial charge in [0.15, 0.2) is 0 Å². The maximum atomic E-state index is 13.6. The summed E-state index contributed by atoms with van der Waals surface area (Å²) in [5, 5.41) is 12.2. The van der Waals surface area contributed by atoms with Gasteiger partial charge in [0.05, 0.1) is 16.6 Å². The Kier molecular flexibility index (Phi) is 4.56. The number of para-hydroxylation sites is 1. The molecule has 0 unspecified atom stereocenters. The minimum absolute atomic E-state index is 0.1000. The third kappa shape index (κ3) is 3.15. The molecule has 0 atom stereocenters. The van der Waals surface area contributed by atoms with Gasteiger partial charge in [0.25, 0.3) is 5.56 Å². The quantitative estimate of drug-likeness (QED) is 0.420. The average molecular weight is 391 g/mol. The summed E-state index contributed by atoms with van der Waals surface area (Å²) in [6, 6.07) is 31.7. The Balaban J connectivity index is 1.82. The van der Waals surface area contributed by atoms with Crippen LogP contribution in [0.1, 0.15) is 22.3 Å². The number of hydrogen-bond donors (Lipinski definition) is 1. The van der Waals surface area contributed by atoms with Crippen molar-refractivity contribution in [3.05, 3.63) is 130 Å². The highest BCUT2D eigenvalue weighted by molar-refractivity contribution is 5.84. The normalized spacial score (nSPS) is 11.2. The van der Waals surface area contributed by atoms with Gasteiger partial charge in [-0.2, -0.15) is 0 Å². The van der Waals surface area contributed by atoms with Crippen LogP contribution in [0.2, 0.25) is 0 Å². The molecule has 146 valence electrons. The summed E-state index contributed by atoms with van der Waals surface area (Å²) in [6.45, 7) is 0. The van der Waals surface area contributed by atoms with Crippen molar-refractivity contribution in [1.29, 1.82) is 0 Å². The molecule has 0 aliphatic rings. The minimum Gasteiger partial charge on any atom is -0.507 e. The standard InChI is InChI=1S/C27H21NO2/c29-26-22(17-19-9-3-1-4-10-19)25-16-15-21-13-7-8-14-24(21)28(25)27(30)23(26)18-20-11-5-2-6-12-20/h1-16,29H,17-18H2. The van der Waals surface area contributed by atoms with Crippen LogP contribution in [-0.4, -0.2) is 9.51 Å². The first-order chi connectivity index (χ1) is 14.7. The van der Waals surface area contributed by atoms with Gasteiger partial charge in [0.2, 0.25) is 0 Å². The van der Waals surface area contributed by atoms with Crippen LogP contribution in [0.3, 0.4) is 0 Å². The van der Waals surface area contributed by atoms with Crippen molar-refractivity contribution < 1.29 is 5.11 Å². The lowest BCUT2D eigenvalue weighted by atomic mass is 9.97. The predicted octanol–water partition coefficient (Wildman–Crippen LogP) is 5.34. The van der Waals surface area contributed by atoms with Crippen molar-refractivity contribution in [2.24, 2.45) is 0 Å². The van der Waals surface area contributed by atoms with Crippen molar-refractivity contribution in [2.45, 2.75) is 12.8 Å². The van der Waals surface area contributed by atoms with Gasteiger partial charge < -0.3 is 5.11 Å². The zero-order chi connectivity index (χ0) is 20.5. The molecule has 0 fully saturated rings. The summed E-state index contributed by atoms with van der Waals surface area (Å²) >= 11 is 0. The molecule has 0 spiro atoms. The lowest BCUT2D eigenvalue weighted by molar-refractivity contribution is 0.462. The molecule has 3 aromatic carbocycles. The first-order valence-electron chi connectivity index (χ1n) is 10.1. The molecule has 0 aliphatic carbocycles. The Bertz CT molecular complexity index is 1400. The molecule has 0 bridgehead atoms. The van der Waals surface area contributed by atoms with Crippen LogP contribution >= 0.6 is 0 Å². The summed E-state index contributed by atoms with van der Waals surface area (Å²) in [6.07, 6.45) is 0.941. The Labute approximate surface area is 174 Å². The van der Waals surface area contributed by atoms with Crippen molar-refractivity contribution in [3.63, 3.8) is 0 Å². The SMILES string of the molecule is O=c1c(Cc2ccccc2)c(O)c(Cc2ccccc2)c2ccc3ccccc3n12. The van der Waals surface area contributed by atoms with Crippen LogP contribution in [0.5, 0.6) is 5.75 Å². The van der Waals surface area contributed by atoms with E-state index >= 15 is 0 Å². The molecule has 5 aromatic rings. The molecule has 1 N–H and O–H groups in total. The van der Waals surface area contributed by atoms with Crippen LogP contribution in [0.4, 0.5) is 0 Å². The van der Waals surface area contributed by atoms with E-state index in [1.54, 1.807) is 4.40 Å². The third-order valence-electron chi connectivity index (χ3n) is 5.63. The Morgan fingerprint density at radius 1 is 0.600 bits per heavy atom. The van der Waals surface area contributed by atoms with E-state index in [1.165, 1.54) is 0 Å². The average Bonchev–Trinajstić information content (AvgIpc) is 2.80. The largest absolute Gasteiger partial charge is 0.507 e. The van der Waals surface area contributed by atoms with Gasteiger partial charge in [-0.1, -0.05) is 84.9 Å². The molecule has 2 heterocycles. The van der Waals surface area contributed by atoms with Crippen LogP contribution < -0.4 is 5.56 Å². The minimum atomic E-state index is -0.167. The second-order valence-corrected chi connectivity index (χ2v) is 7.55. The molecule has 0 amide bonds. The van der Waals surface area contributed by atoms with Gasteiger partial charge in [0, 0.05) is 18.4 Å². The van der Waals surface area contributed by atoms with E-state index in [9.17, 15) is 9.90 Å². The van der Waals surface area contributed by atoms with E-state index in [0.717, 1.165) is 33.1 Å². The zero-order valence-electron chi connectivity index (χ0n) is 16.5. The monoisotopic (exact) mass is 391 g/mol. The topological polar surface area (TPSA) is 41.7 Å². The van der Waals surface area contributed by atoms with Crippen molar-refractivity contribution in [3.8, 4) is 5.75 Å². The second kappa shape index (κ2) is 7.53. The highest BCUT2D eigenvalue weighted by Crippen LogP contribution is 2.30. The molecular weight excluding hydrogens is 370 g/mol. The lowest BCUT2D eigenvalue weighted by Crippen LogP contribution is -2.21. The summed E-state index contributed by atoms with van der Waals surface area (Å²) in [5.41, 5.74) is 4.72. The van der Waals surface area contributed by atoms with Gasteiger partial charge in [-0.05, 0) is 28.6 Å². The fourth-order valence-electron chi connectivity index (χ4n) is 4.13. The van der Waals surface area contributed by atoms with Gasteiger partial charge in [-0.25, -0.2) is 0 Å². The molecule has 0 aliphatic heterocycles. The Morgan fingerprint density at radius 2 is 1.17 bits per heavy atom. The number of rotatable bonds is 4. The molecule has 0 saturated carbocycles. The molecule has 5 rings (SSSR count). The fourth-order valence-corrected chi connectivity index (χ4v) is 4.13. The number of pyridine rings is 2. The van der Waals surface area contributed by atoms with Crippen LogP contribution in [0.15, 0.2) is 102 Å². The molecule has 3 nitrogen and oxygen atoms in total. The van der Waals surface area contributed by atoms with Crippen molar-refractivity contribution in [1.82, 2.24) is 4.40 Å². The van der Waals surface area contributed by atoms with E-state index in [1.807, 2.05) is 97.1 Å². The number of nitrogens with zero attached hydrogens (tertiary/aromatic N) is 1. The Morgan fingerprint density at radius 3 is 1.83 bits per heavy atom. The number of aromatic hydroxyl groups is 1. The number of hydrogen-bond acceptors (Lipinski definition) is 2. The van der Waals surface area contributed by atoms with Gasteiger partial charge >= 0.3 is 0 Å². The fraction of sp³-hybridized carbons (Fsp3) is 0.0741. The summed E-state index contributed by atoms with van der Waals surface area (Å²) in [7, 11) is 0. The van der Waals surface area contributed by atoms with E-state index in [0.29, 0.717) is 18.4 Å². The zero-order valence-corrected chi connectivity index (χ0v) is 16.5. The van der Waals surface area contributed by atoms with Gasteiger partial charge in [0.1, 0.15) is 5.75 Å². The Hall–Kier alpha value is -3.85. The van der Waals surface area contributed by atoms with Crippen LogP contribution in [0.25, 0.3) is 16.4 Å². The molecule has 0 radical (unpaired) electrons. The van der Waals surface area contributed by atoms with Crippen LogP contribution in [-0.2, 0) is 12.8 Å². The number of aromatic nitrogens is 1. The number of fused-ring (bicyclic) bond motifs is 3. The first-order valence-corrected chi connectivity index (χ1v) is 10.1. The second-order valence-electron chi connectivity index (χ2n) is 7.55. The van der Waals surface area contributed by atoms with Crippen molar-refractivity contribution >= 4 is 16.4 Å². The molecule has 30 heavy (non-hydrogen) atoms. The van der Waals surface area contributed by atoms with E-state index in [4.69, 9.17) is 0 Å². The van der Waals surface area contributed by atoms with Crippen molar-refractivity contribution in [2.75, 3.05) is 0 Å². The molecule has 2 aromatic heterocycles. The highest BCUT2D eigenvalue weighted by Gasteiger charge is 2.19. The third-order valence-corrected chi connectivity index (χ3v) is 5.63. The van der Waals surface area contributed by atoms with Gasteiger partial charge in [-0.15, -0.1) is 0 Å². The summed E-state index contributed by atoms with van der Waals surface area (Å²) in [5.74, 6) is 0.1000. The molecular formula is C27H21NO2. The highest BCUT2D eigenvalue weighted by atomic mass is 16.3. The van der Waals surface area contributed by atoms with Crippen LogP contribution in [0, 0.1) is 0 Å². The molecule has 0 saturated heterocycles.